The monoisotopic (exact) mass is 283 g/mol. The Hall–Kier alpha value is -2.16. The predicted molar refractivity (Wildman–Crippen MR) is 66.9 cm³/mol. The van der Waals surface area contributed by atoms with Crippen LogP contribution < -0.4 is 10.6 Å². The number of hydrogen-bond acceptors (Lipinski definition) is 5. The molecule has 1 aromatic heterocycles. The van der Waals surface area contributed by atoms with Crippen LogP contribution in [0.15, 0.2) is 6.33 Å². The molecule has 0 spiro atoms. The summed E-state index contributed by atoms with van der Waals surface area (Å²) in [4.78, 5) is 27.3. The minimum atomic E-state index is -1.27. The second kappa shape index (κ2) is 5.87. The second-order valence-corrected chi connectivity index (χ2v) is 4.69. The fourth-order valence-electron chi connectivity index (χ4n) is 2.05. The number of aromatic nitrogens is 3. The zero-order valence-corrected chi connectivity index (χ0v) is 11.0. The zero-order chi connectivity index (χ0) is 14.6. The molecule has 20 heavy (non-hydrogen) atoms. The Morgan fingerprint density at radius 3 is 2.75 bits per heavy atom. The van der Waals surface area contributed by atoms with Crippen molar-refractivity contribution < 1.29 is 19.4 Å². The number of carboxylic acid groups (broad SMARTS) is 1. The van der Waals surface area contributed by atoms with Gasteiger partial charge in [-0.15, -0.1) is 0 Å². The van der Waals surface area contributed by atoms with E-state index in [9.17, 15) is 14.7 Å². The Morgan fingerprint density at radius 2 is 2.20 bits per heavy atom. The van der Waals surface area contributed by atoms with Gasteiger partial charge in [-0.2, -0.15) is 5.10 Å². The fourth-order valence-corrected chi connectivity index (χ4v) is 2.05. The summed E-state index contributed by atoms with van der Waals surface area (Å²) in [5.74, 6) is -0.556. The van der Waals surface area contributed by atoms with Crippen LogP contribution in [0.5, 0.6) is 0 Å². The highest BCUT2D eigenvalue weighted by molar-refractivity contribution is 5.86. The van der Waals surface area contributed by atoms with E-state index < -0.39 is 23.6 Å². The molecule has 0 bridgehead atoms. The van der Waals surface area contributed by atoms with Gasteiger partial charge >= 0.3 is 12.0 Å². The van der Waals surface area contributed by atoms with Crippen LogP contribution in [-0.2, 0) is 9.53 Å². The maximum Gasteiger partial charge on any atom is 0.329 e. The van der Waals surface area contributed by atoms with E-state index in [4.69, 9.17) is 4.74 Å². The van der Waals surface area contributed by atoms with E-state index in [-0.39, 0.29) is 12.8 Å². The number of aliphatic carboxylic acids is 1. The topological polar surface area (TPSA) is 129 Å². The van der Waals surface area contributed by atoms with Crippen LogP contribution in [0.1, 0.15) is 31.6 Å². The van der Waals surface area contributed by atoms with Crippen molar-refractivity contribution in [3.63, 3.8) is 0 Å². The van der Waals surface area contributed by atoms with Gasteiger partial charge in [-0.05, 0) is 6.92 Å². The lowest BCUT2D eigenvalue weighted by molar-refractivity contribution is -0.148. The third kappa shape index (κ3) is 3.05. The lowest BCUT2D eigenvalue weighted by atomic mass is 9.90. The van der Waals surface area contributed by atoms with Gasteiger partial charge in [0.1, 0.15) is 17.7 Å². The SMILES string of the molecule is CC(NC(=O)NC1(C(=O)O)CCOCC1)c1ncn[nH]1. The van der Waals surface area contributed by atoms with Crippen molar-refractivity contribution in [2.24, 2.45) is 0 Å². The Labute approximate surface area is 115 Å². The number of nitrogens with one attached hydrogen (secondary N) is 3. The average molecular weight is 283 g/mol. The summed E-state index contributed by atoms with van der Waals surface area (Å²) in [6.07, 6.45) is 1.82. The highest BCUT2D eigenvalue weighted by Gasteiger charge is 2.41. The van der Waals surface area contributed by atoms with E-state index in [0.29, 0.717) is 19.0 Å². The molecule has 0 radical (unpaired) electrons. The van der Waals surface area contributed by atoms with Crippen molar-refractivity contribution in [2.75, 3.05) is 13.2 Å². The normalized spacial score (nSPS) is 19.1. The number of nitrogens with zero attached hydrogens (tertiary/aromatic N) is 2. The van der Waals surface area contributed by atoms with Crippen LogP contribution in [0.25, 0.3) is 0 Å². The standard InChI is InChI=1S/C11H17N5O4/c1-7(8-12-6-13-16-8)14-10(19)15-11(9(17)18)2-4-20-5-3-11/h6-7H,2-5H2,1H3,(H,17,18)(H,12,13,16)(H2,14,15,19). The van der Waals surface area contributed by atoms with Crippen molar-refractivity contribution in [3.8, 4) is 0 Å². The number of carboxylic acids is 1. The quantitative estimate of drug-likeness (QED) is 0.605. The molecule has 2 amide bonds. The molecule has 0 aliphatic carbocycles. The number of rotatable bonds is 4. The van der Waals surface area contributed by atoms with Gasteiger partial charge in [-0.1, -0.05) is 0 Å². The zero-order valence-electron chi connectivity index (χ0n) is 11.0. The first-order valence-electron chi connectivity index (χ1n) is 6.28. The van der Waals surface area contributed by atoms with Crippen LogP contribution in [-0.4, -0.2) is 51.0 Å². The third-order valence-electron chi connectivity index (χ3n) is 3.30. The lowest BCUT2D eigenvalue weighted by Crippen LogP contribution is -2.59. The molecule has 2 rings (SSSR count). The molecule has 0 saturated carbocycles. The molecule has 1 unspecified atom stereocenters. The number of amides is 2. The first-order chi connectivity index (χ1) is 9.53. The lowest BCUT2D eigenvalue weighted by Gasteiger charge is -2.34. The molecule has 1 atom stereocenters. The molecule has 9 heteroatoms. The van der Waals surface area contributed by atoms with Gasteiger partial charge in [-0.3, -0.25) is 5.10 Å². The van der Waals surface area contributed by atoms with Gasteiger partial charge in [0.25, 0.3) is 0 Å². The molecule has 110 valence electrons. The van der Waals surface area contributed by atoms with Crippen molar-refractivity contribution in [3.05, 3.63) is 12.2 Å². The fraction of sp³-hybridized carbons (Fsp3) is 0.636. The maximum absolute atomic E-state index is 11.9. The van der Waals surface area contributed by atoms with Crippen LogP contribution in [0.4, 0.5) is 4.79 Å². The van der Waals surface area contributed by atoms with E-state index in [2.05, 4.69) is 25.8 Å². The predicted octanol–water partition coefficient (Wildman–Crippen LogP) is -0.201. The highest BCUT2D eigenvalue weighted by Crippen LogP contribution is 2.21. The molecule has 1 aliphatic rings. The molecule has 1 aliphatic heterocycles. The van der Waals surface area contributed by atoms with E-state index >= 15 is 0 Å². The molecular formula is C11H17N5O4. The van der Waals surface area contributed by atoms with Gasteiger partial charge < -0.3 is 20.5 Å². The van der Waals surface area contributed by atoms with Gasteiger partial charge in [0.15, 0.2) is 0 Å². The first-order valence-corrected chi connectivity index (χ1v) is 6.28. The maximum atomic E-state index is 11.9. The largest absolute Gasteiger partial charge is 0.480 e. The minimum Gasteiger partial charge on any atom is -0.480 e. The summed E-state index contributed by atoms with van der Waals surface area (Å²) in [5, 5.41) is 20.8. The molecule has 1 fully saturated rings. The van der Waals surface area contributed by atoms with Crippen molar-refractivity contribution in [2.45, 2.75) is 31.3 Å². The molecule has 0 aromatic carbocycles. The molecule has 4 N–H and O–H groups in total. The van der Waals surface area contributed by atoms with Crippen LogP contribution >= 0.6 is 0 Å². The second-order valence-electron chi connectivity index (χ2n) is 4.69. The van der Waals surface area contributed by atoms with Crippen molar-refractivity contribution >= 4 is 12.0 Å². The van der Waals surface area contributed by atoms with Gasteiger partial charge in [0.05, 0.1) is 6.04 Å². The highest BCUT2D eigenvalue weighted by atomic mass is 16.5. The van der Waals surface area contributed by atoms with E-state index in [1.165, 1.54) is 6.33 Å². The third-order valence-corrected chi connectivity index (χ3v) is 3.30. The molecule has 1 saturated heterocycles. The van der Waals surface area contributed by atoms with Gasteiger partial charge in [-0.25, -0.2) is 14.6 Å². The summed E-state index contributed by atoms with van der Waals surface area (Å²) >= 11 is 0. The van der Waals surface area contributed by atoms with E-state index in [1.54, 1.807) is 6.92 Å². The van der Waals surface area contributed by atoms with E-state index in [1.807, 2.05) is 0 Å². The van der Waals surface area contributed by atoms with E-state index in [0.717, 1.165) is 0 Å². The Bertz CT molecular complexity index is 469. The number of hydrogen-bond donors (Lipinski definition) is 4. The molecule has 1 aromatic rings. The summed E-state index contributed by atoms with van der Waals surface area (Å²) in [5.41, 5.74) is -1.27. The number of aromatic amines is 1. The summed E-state index contributed by atoms with van der Waals surface area (Å²) in [7, 11) is 0. The number of urea groups is 1. The van der Waals surface area contributed by atoms with Crippen molar-refractivity contribution in [1.82, 2.24) is 25.8 Å². The number of carbonyl (C=O) groups is 2. The number of H-pyrrole nitrogens is 1. The average Bonchev–Trinajstić information content (AvgIpc) is 2.93. The smallest absolute Gasteiger partial charge is 0.329 e. The summed E-state index contributed by atoms with van der Waals surface area (Å²) in [6.45, 7) is 2.34. The Kier molecular flexibility index (Phi) is 4.18. The van der Waals surface area contributed by atoms with Gasteiger partial charge in [0, 0.05) is 26.1 Å². The first kappa shape index (κ1) is 14.3. The summed E-state index contributed by atoms with van der Waals surface area (Å²) < 4.78 is 5.14. The Morgan fingerprint density at radius 1 is 1.50 bits per heavy atom. The molecule has 2 heterocycles. The summed E-state index contributed by atoms with van der Waals surface area (Å²) in [6, 6.07) is -0.957. The minimum absolute atomic E-state index is 0.243. The Balaban J connectivity index is 1.97. The molecular weight excluding hydrogens is 266 g/mol. The van der Waals surface area contributed by atoms with Gasteiger partial charge in [0.2, 0.25) is 0 Å². The van der Waals surface area contributed by atoms with Crippen LogP contribution in [0.2, 0.25) is 0 Å². The number of carbonyl (C=O) groups excluding carboxylic acids is 1. The van der Waals surface area contributed by atoms with Crippen LogP contribution in [0, 0.1) is 0 Å². The number of ether oxygens (including phenoxy) is 1. The molecule has 9 nitrogen and oxygen atoms in total. The van der Waals surface area contributed by atoms with Crippen molar-refractivity contribution in [1.29, 1.82) is 0 Å². The van der Waals surface area contributed by atoms with Crippen LogP contribution in [0.3, 0.4) is 0 Å².